The van der Waals surface area contributed by atoms with Crippen LogP contribution in [-0.4, -0.2) is 31.6 Å². The summed E-state index contributed by atoms with van der Waals surface area (Å²) in [6.45, 7) is 2.31. The van der Waals surface area contributed by atoms with E-state index in [2.05, 4.69) is 10.6 Å². The quantitative estimate of drug-likeness (QED) is 0.510. The first-order chi connectivity index (χ1) is 6.29. The average Bonchev–Trinajstić information content (AvgIpc) is 2.14. The molecule has 1 aliphatic rings. The van der Waals surface area contributed by atoms with Gasteiger partial charge in [0.25, 0.3) is 0 Å². The molecule has 1 unspecified atom stereocenters. The summed E-state index contributed by atoms with van der Waals surface area (Å²) in [4.78, 5) is 10.4. The fourth-order valence-electron chi connectivity index (χ4n) is 1.66. The molecule has 4 N–H and O–H groups in total. The van der Waals surface area contributed by atoms with Crippen molar-refractivity contribution >= 4 is 5.91 Å². The fourth-order valence-corrected chi connectivity index (χ4v) is 1.66. The molecule has 0 aromatic heterocycles. The summed E-state index contributed by atoms with van der Waals surface area (Å²) in [5.41, 5.74) is 4.99. The summed E-state index contributed by atoms with van der Waals surface area (Å²) in [7, 11) is 0. The molecule has 0 radical (unpaired) electrons. The molecule has 4 nitrogen and oxygen atoms in total. The number of nitrogens with two attached hydrogens (primary N) is 1. The minimum Gasteiger partial charge on any atom is -0.369 e. The largest absolute Gasteiger partial charge is 0.369 e. The normalized spacial score (nSPS) is 22.9. The number of nitrogens with one attached hydrogen (secondary N) is 2. The van der Waals surface area contributed by atoms with Crippen molar-refractivity contribution in [2.45, 2.75) is 31.7 Å². The summed E-state index contributed by atoms with van der Waals surface area (Å²) in [5, 5.41) is 6.47. The molecule has 0 saturated carbocycles. The third-order valence-electron chi connectivity index (χ3n) is 2.38. The van der Waals surface area contributed by atoms with Gasteiger partial charge in [-0.1, -0.05) is 6.42 Å². The predicted molar refractivity (Wildman–Crippen MR) is 52.3 cm³/mol. The second-order valence-electron chi connectivity index (χ2n) is 3.58. The second-order valence-corrected chi connectivity index (χ2v) is 3.58. The molecule has 0 spiro atoms. The molecule has 1 saturated heterocycles. The van der Waals surface area contributed by atoms with Gasteiger partial charge in [-0.05, 0) is 32.4 Å². The van der Waals surface area contributed by atoms with Crippen molar-refractivity contribution in [1.29, 1.82) is 0 Å². The van der Waals surface area contributed by atoms with Gasteiger partial charge in [0.2, 0.25) is 5.91 Å². The van der Waals surface area contributed by atoms with E-state index in [0.717, 1.165) is 19.5 Å². The lowest BCUT2D eigenvalue weighted by molar-refractivity contribution is -0.117. The van der Waals surface area contributed by atoms with Crippen LogP contribution in [0.15, 0.2) is 0 Å². The first-order valence-electron chi connectivity index (χ1n) is 5.01. The van der Waals surface area contributed by atoms with Crippen LogP contribution in [0.2, 0.25) is 0 Å². The molecule has 1 amide bonds. The molecule has 0 aliphatic carbocycles. The number of amides is 1. The topological polar surface area (TPSA) is 67.2 Å². The standard InChI is InChI=1S/C9H19N3O/c10-9(13)7-11-6-4-8-3-1-2-5-12-8/h8,11-12H,1-7H2,(H2,10,13). The van der Waals surface area contributed by atoms with E-state index in [1.54, 1.807) is 0 Å². The highest BCUT2D eigenvalue weighted by atomic mass is 16.1. The number of hydrogen-bond acceptors (Lipinski definition) is 3. The monoisotopic (exact) mass is 185 g/mol. The van der Waals surface area contributed by atoms with Crippen molar-refractivity contribution in [2.75, 3.05) is 19.6 Å². The van der Waals surface area contributed by atoms with Crippen molar-refractivity contribution in [3.8, 4) is 0 Å². The maximum atomic E-state index is 10.4. The molecule has 1 heterocycles. The Balaban J connectivity index is 1.95. The van der Waals surface area contributed by atoms with Gasteiger partial charge < -0.3 is 16.4 Å². The van der Waals surface area contributed by atoms with Crippen molar-refractivity contribution in [3.63, 3.8) is 0 Å². The van der Waals surface area contributed by atoms with Crippen LogP contribution in [0.5, 0.6) is 0 Å². The van der Waals surface area contributed by atoms with E-state index in [1.807, 2.05) is 0 Å². The van der Waals surface area contributed by atoms with Crippen LogP contribution in [0.3, 0.4) is 0 Å². The molecule has 1 fully saturated rings. The predicted octanol–water partition coefficient (Wildman–Crippen LogP) is -0.407. The zero-order valence-electron chi connectivity index (χ0n) is 8.01. The lowest BCUT2D eigenvalue weighted by Crippen LogP contribution is -2.37. The van der Waals surface area contributed by atoms with Gasteiger partial charge in [0.15, 0.2) is 0 Å². The van der Waals surface area contributed by atoms with Crippen LogP contribution in [0.4, 0.5) is 0 Å². The van der Waals surface area contributed by atoms with Crippen LogP contribution in [-0.2, 0) is 4.79 Å². The Morgan fingerprint density at radius 2 is 2.38 bits per heavy atom. The minimum absolute atomic E-state index is 0.281. The van der Waals surface area contributed by atoms with E-state index in [9.17, 15) is 4.79 Å². The Labute approximate surface area is 79.3 Å². The maximum absolute atomic E-state index is 10.4. The van der Waals surface area contributed by atoms with Crippen molar-refractivity contribution in [3.05, 3.63) is 0 Å². The van der Waals surface area contributed by atoms with Crippen molar-refractivity contribution in [2.24, 2.45) is 5.73 Å². The number of piperidine rings is 1. The third-order valence-corrected chi connectivity index (χ3v) is 2.38. The molecule has 0 bridgehead atoms. The maximum Gasteiger partial charge on any atom is 0.231 e. The van der Waals surface area contributed by atoms with E-state index in [1.165, 1.54) is 19.3 Å². The first-order valence-corrected chi connectivity index (χ1v) is 5.01. The Morgan fingerprint density at radius 1 is 1.54 bits per heavy atom. The van der Waals surface area contributed by atoms with Gasteiger partial charge in [0.1, 0.15) is 0 Å². The Hall–Kier alpha value is -0.610. The summed E-state index contributed by atoms with van der Waals surface area (Å²) < 4.78 is 0. The summed E-state index contributed by atoms with van der Waals surface area (Å²) >= 11 is 0. The molecule has 4 heteroatoms. The van der Waals surface area contributed by atoms with Crippen molar-refractivity contribution in [1.82, 2.24) is 10.6 Å². The highest BCUT2D eigenvalue weighted by Gasteiger charge is 2.11. The van der Waals surface area contributed by atoms with E-state index < -0.39 is 0 Å². The zero-order chi connectivity index (χ0) is 9.52. The first kappa shape index (κ1) is 10.5. The second kappa shape index (κ2) is 5.94. The van der Waals surface area contributed by atoms with E-state index in [-0.39, 0.29) is 5.91 Å². The third kappa shape index (κ3) is 4.85. The van der Waals surface area contributed by atoms with Gasteiger partial charge in [-0.25, -0.2) is 0 Å². The molecule has 76 valence electrons. The minimum atomic E-state index is -0.281. The number of carbonyl (C=O) groups excluding carboxylic acids is 1. The van der Waals surface area contributed by atoms with Crippen LogP contribution < -0.4 is 16.4 Å². The Bertz CT molecular complexity index is 155. The van der Waals surface area contributed by atoms with Gasteiger partial charge in [-0.3, -0.25) is 4.79 Å². The molecule has 1 aliphatic heterocycles. The van der Waals surface area contributed by atoms with E-state index >= 15 is 0 Å². The van der Waals surface area contributed by atoms with Crippen molar-refractivity contribution < 1.29 is 4.79 Å². The molecule has 0 aromatic rings. The van der Waals surface area contributed by atoms with Gasteiger partial charge in [0.05, 0.1) is 6.54 Å². The number of hydrogen-bond donors (Lipinski definition) is 3. The van der Waals surface area contributed by atoms with E-state index in [0.29, 0.717) is 12.6 Å². The Kier molecular flexibility index (Phi) is 4.78. The molecular weight excluding hydrogens is 166 g/mol. The van der Waals surface area contributed by atoms with Gasteiger partial charge in [0, 0.05) is 6.04 Å². The van der Waals surface area contributed by atoms with Crippen LogP contribution >= 0.6 is 0 Å². The SMILES string of the molecule is NC(=O)CNCCC1CCCCN1. The number of rotatable bonds is 5. The molecule has 1 atom stereocenters. The highest BCUT2D eigenvalue weighted by molar-refractivity contribution is 5.75. The van der Waals surface area contributed by atoms with Gasteiger partial charge >= 0.3 is 0 Å². The summed E-state index contributed by atoms with van der Waals surface area (Å²) in [5.74, 6) is -0.281. The fraction of sp³-hybridized carbons (Fsp3) is 0.889. The number of primary amides is 1. The van der Waals surface area contributed by atoms with Crippen LogP contribution in [0.25, 0.3) is 0 Å². The molecule has 0 aromatic carbocycles. The molecule has 1 rings (SSSR count). The van der Waals surface area contributed by atoms with Crippen LogP contribution in [0.1, 0.15) is 25.7 Å². The summed E-state index contributed by atoms with van der Waals surface area (Å²) in [6, 6.07) is 0.633. The summed E-state index contributed by atoms with van der Waals surface area (Å²) in [6.07, 6.45) is 4.98. The molecular formula is C9H19N3O. The number of carbonyl (C=O) groups is 1. The smallest absolute Gasteiger partial charge is 0.231 e. The zero-order valence-corrected chi connectivity index (χ0v) is 8.01. The van der Waals surface area contributed by atoms with Crippen LogP contribution in [0, 0.1) is 0 Å². The average molecular weight is 185 g/mol. The Morgan fingerprint density at radius 3 is 3.00 bits per heavy atom. The van der Waals surface area contributed by atoms with E-state index in [4.69, 9.17) is 5.73 Å². The van der Waals surface area contributed by atoms with Gasteiger partial charge in [-0.2, -0.15) is 0 Å². The lowest BCUT2D eigenvalue weighted by atomic mass is 10.0. The van der Waals surface area contributed by atoms with Gasteiger partial charge in [-0.15, -0.1) is 0 Å². The molecule has 13 heavy (non-hydrogen) atoms. The lowest BCUT2D eigenvalue weighted by Gasteiger charge is -2.23. The highest BCUT2D eigenvalue weighted by Crippen LogP contribution is 2.08.